The molecule has 0 aliphatic rings. The summed E-state index contributed by atoms with van der Waals surface area (Å²) < 4.78 is 20.3. The Morgan fingerprint density at radius 2 is 1.50 bits per heavy atom. The monoisotopic (exact) mass is 432 g/mol. The fourth-order valence-corrected chi connectivity index (χ4v) is 3.65. The van der Waals surface area contributed by atoms with Crippen molar-refractivity contribution in [2.24, 2.45) is 0 Å². The first-order valence-electron chi connectivity index (χ1n) is 10.2. The average Bonchev–Trinajstić information content (AvgIpc) is 2.81. The highest BCUT2D eigenvalue weighted by atomic mass is 19.1. The van der Waals surface area contributed by atoms with Crippen LogP contribution < -0.4 is 10.7 Å². The topological polar surface area (TPSA) is 77.4 Å². The molecule has 0 bridgehead atoms. The fraction of sp³-hybridized carbons (Fsp3) is 0.160. The number of anilines is 1. The van der Waals surface area contributed by atoms with E-state index in [1.807, 2.05) is 0 Å². The second-order valence-electron chi connectivity index (χ2n) is 7.33. The Morgan fingerprint density at radius 3 is 2.06 bits per heavy atom. The first kappa shape index (κ1) is 21.2. The van der Waals surface area contributed by atoms with Gasteiger partial charge in [0.15, 0.2) is 11.5 Å². The summed E-state index contributed by atoms with van der Waals surface area (Å²) in [6.45, 7) is 1.56. The van der Waals surface area contributed by atoms with Crippen LogP contribution in [0.15, 0.2) is 77.6 Å². The van der Waals surface area contributed by atoms with Gasteiger partial charge in [-0.2, -0.15) is 0 Å². The molecule has 0 aliphatic carbocycles. The van der Waals surface area contributed by atoms with Crippen molar-refractivity contribution < 1.29 is 18.7 Å². The number of nitrogens with zero attached hydrogens (tertiary/aromatic N) is 1. The van der Waals surface area contributed by atoms with Gasteiger partial charge in [-0.3, -0.25) is 14.4 Å². The number of nitrogens with one attached hydrogen (secondary N) is 1. The minimum absolute atomic E-state index is 0.106. The van der Waals surface area contributed by atoms with Crippen molar-refractivity contribution in [1.29, 1.82) is 0 Å². The van der Waals surface area contributed by atoms with E-state index in [-0.39, 0.29) is 18.4 Å². The SMILES string of the molecule is CCC(OC(=O)Cn1c2ccccc2c(=O)c2ccccc21)C(=O)Nc1ccc(F)cc1. The predicted octanol–water partition coefficient (Wildman–Crippen LogP) is 4.25. The average molecular weight is 432 g/mol. The molecule has 0 saturated heterocycles. The highest BCUT2D eigenvalue weighted by Crippen LogP contribution is 2.19. The van der Waals surface area contributed by atoms with Crippen molar-refractivity contribution in [3.63, 3.8) is 0 Å². The lowest BCUT2D eigenvalue weighted by Gasteiger charge is -2.18. The van der Waals surface area contributed by atoms with Crippen molar-refractivity contribution in [3.8, 4) is 0 Å². The van der Waals surface area contributed by atoms with E-state index in [1.165, 1.54) is 24.3 Å². The predicted molar refractivity (Wildman–Crippen MR) is 121 cm³/mol. The number of amides is 1. The number of rotatable bonds is 6. The molecule has 7 heteroatoms. The van der Waals surface area contributed by atoms with Crippen LogP contribution in [0.25, 0.3) is 21.8 Å². The summed E-state index contributed by atoms with van der Waals surface area (Å²) in [5.74, 6) is -1.52. The molecular formula is C25H21FN2O4. The van der Waals surface area contributed by atoms with Gasteiger partial charge in [-0.15, -0.1) is 0 Å². The van der Waals surface area contributed by atoms with Gasteiger partial charge < -0.3 is 14.6 Å². The van der Waals surface area contributed by atoms with Gasteiger partial charge in [0.25, 0.3) is 5.91 Å². The molecule has 6 nitrogen and oxygen atoms in total. The number of pyridine rings is 1. The maximum absolute atomic E-state index is 13.1. The second-order valence-corrected chi connectivity index (χ2v) is 7.33. The van der Waals surface area contributed by atoms with Crippen LogP contribution in [-0.2, 0) is 20.9 Å². The first-order chi connectivity index (χ1) is 15.5. The summed E-state index contributed by atoms with van der Waals surface area (Å²) in [7, 11) is 0. The quantitative estimate of drug-likeness (QED) is 0.365. The molecular weight excluding hydrogens is 411 g/mol. The molecule has 1 atom stereocenters. The lowest BCUT2D eigenvalue weighted by molar-refractivity contribution is -0.154. The van der Waals surface area contributed by atoms with E-state index in [2.05, 4.69) is 5.32 Å². The van der Waals surface area contributed by atoms with Crippen LogP contribution in [0.4, 0.5) is 10.1 Å². The zero-order valence-corrected chi connectivity index (χ0v) is 17.4. The third-order valence-corrected chi connectivity index (χ3v) is 5.21. The molecule has 4 aromatic rings. The molecule has 0 aliphatic heterocycles. The number of hydrogen-bond acceptors (Lipinski definition) is 4. The summed E-state index contributed by atoms with van der Waals surface area (Å²) in [6, 6.07) is 19.4. The number of benzene rings is 3. The van der Waals surface area contributed by atoms with E-state index >= 15 is 0 Å². The Hall–Kier alpha value is -4.00. The number of ether oxygens (including phenoxy) is 1. The Labute approximate surface area is 183 Å². The van der Waals surface area contributed by atoms with Crippen LogP contribution in [0, 0.1) is 5.82 Å². The van der Waals surface area contributed by atoms with E-state index < -0.39 is 23.8 Å². The molecule has 1 N–H and O–H groups in total. The number of halogens is 1. The molecule has 3 aromatic carbocycles. The molecule has 0 radical (unpaired) electrons. The number of carbonyl (C=O) groups excluding carboxylic acids is 2. The zero-order chi connectivity index (χ0) is 22.7. The molecule has 1 unspecified atom stereocenters. The van der Waals surface area contributed by atoms with Gasteiger partial charge in [0.05, 0.1) is 11.0 Å². The standard InChI is InChI=1S/C25H21FN2O4/c1-2-22(25(31)27-17-13-11-16(26)12-14-17)32-23(29)15-28-20-9-5-3-7-18(20)24(30)19-8-4-6-10-21(19)28/h3-14,22H,2,15H2,1H3,(H,27,31). The van der Waals surface area contributed by atoms with Gasteiger partial charge in [0.1, 0.15) is 12.4 Å². The van der Waals surface area contributed by atoms with Crippen molar-refractivity contribution >= 4 is 39.4 Å². The van der Waals surface area contributed by atoms with E-state index in [1.54, 1.807) is 60.0 Å². The molecule has 4 rings (SSSR count). The maximum atomic E-state index is 13.1. The molecule has 0 fully saturated rings. The summed E-state index contributed by atoms with van der Waals surface area (Å²) in [5, 5.41) is 3.63. The first-order valence-corrected chi connectivity index (χ1v) is 10.2. The van der Waals surface area contributed by atoms with Gasteiger partial charge in [-0.1, -0.05) is 31.2 Å². The lowest BCUT2D eigenvalue weighted by atomic mass is 10.1. The smallest absolute Gasteiger partial charge is 0.326 e. The third kappa shape index (κ3) is 4.23. The zero-order valence-electron chi connectivity index (χ0n) is 17.4. The number of esters is 1. The largest absolute Gasteiger partial charge is 0.451 e. The Bertz CT molecular complexity index is 1300. The number of hydrogen-bond donors (Lipinski definition) is 1. The van der Waals surface area contributed by atoms with Gasteiger partial charge in [-0.25, -0.2) is 4.39 Å². The Morgan fingerprint density at radius 1 is 0.938 bits per heavy atom. The van der Waals surface area contributed by atoms with E-state index in [4.69, 9.17) is 4.74 Å². The summed E-state index contributed by atoms with van der Waals surface area (Å²) in [4.78, 5) is 38.2. The molecule has 1 aromatic heterocycles. The van der Waals surface area contributed by atoms with Gasteiger partial charge in [0.2, 0.25) is 0 Å². The van der Waals surface area contributed by atoms with E-state index in [0.29, 0.717) is 27.5 Å². The molecule has 1 amide bonds. The number of fused-ring (bicyclic) bond motifs is 2. The number of carbonyl (C=O) groups is 2. The molecule has 1 heterocycles. The van der Waals surface area contributed by atoms with Crippen LogP contribution in [0.1, 0.15) is 13.3 Å². The summed E-state index contributed by atoms with van der Waals surface area (Å²) in [6.07, 6.45) is -0.741. The van der Waals surface area contributed by atoms with Crippen LogP contribution in [-0.4, -0.2) is 22.5 Å². The van der Waals surface area contributed by atoms with Gasteiger partial charge in [-0.05, 0) is 55.0 Å². The van der Waals surface area contributed by atoms with Crippen LogP contribution in [0.5, 0.6) is 0 Å². The highest BCUT2D eigenvalue weighted by molar-refractivity contribution is 5.96. The minimum Gasteiger partial charge on any atom is -0.451 e. The maximum Gasteiger partial charge on any atom is 0.326 e. The van der Waals surface area contributed by atoms with E-state index in [0.717, 1.165) is 0 Å². The van der Waals surface area contributed by atoms with Crippen molar-refractivity contribution in [3.05, 3.63) is 88.8 Å². The fourth-order valence-electron chi connectivity index (χ4n) is 3.65. The highest BCUT2D eigenvalue weighted by Gasteiger charge is 2.22. The van der Waals surface area contributed by atoms with Crippen LogP contribution in [0.2, 0.25) is 0 Å². The number of aromatic nitrogens is 1. The van der Waals surface area contributed by atoms with Crippen molar-refractivity contribution in [1.82, 2.24) is 4.57 Å². The molecule has 162 valence electrons. The second kappa shape index (κ2) is 9.01. The normalized spacial score (nSPS) is 11.9. The summed E-state index contributed by atoms with van der Waals surface area (Å²) in [5.41, 5.74) is 1.52. The summed E-state index contributed by atoms with van der Waals surface area (Å²) >= 11 is 0. The van der Waals surface area contributed by atoms with Crippen molar-refractivity contribution in [2.45, 2.75) is 26.0 Å². The van der Waals surface area contributed by atoms with Crippen LogP contribution >= 0.6 is 0 Å². The third-order valence-electron chi connectivity index (χ3n) is 5.21. The number of para-hydroxylation sites is 2. The van der Waals surface area contributed by atoms with Crippen molar-refractivity contribution in [2.75, 3.05) is 5.32 Å². The molecule has 32 heavy (non-hydrogen) atoms. The van der Waals surface area contributed by atoms with Gasteiger partial charge in [0, 0.05) is 16.5 Å². The van der Waals surface area contributed by atoms with Crippen LogP contribution in [0.3, 0.4) is 0 Å². The van der Waals surface area contributed by atoms with Gasteiger partial charge >= 0.3 is 5.97 Å². The minimum atomic E-state index is -1.01. The Balaban J connectivity index is 1.59. The lowest BCUT2D eigenvalue weighted by Crippen LogP contribution is -2.33. The van der Waals surface area contributed by atoms with E-state index in [9.17, 15) is 18.8 Å². The molecule has 0 saturated carbocycles. The Kier molecular flexibility index (Phi) is 5.98. The molecule has 0 spiro atoms.